The predicted octanol–water partition coefficient (Wildman–Crippen LogP) is 7.46. The summed E-state index contributed by atoms with van der Waals surface area (Å²) >= 11 is 1.71. The van der Waals surface area contributed by atoms with E-state index in [1.165, 1.54) is 38.4 Å². The Morgan fingerprint density at radius 2 is 1.80 bits per heavy atom. The maximum absolute atomic E-state index is 11.9. The van der Waals surface area contributed by atoms with Gasteiger partial charge in [0.1, 0.15) is 11.5 Å². The number of methoxy groups -OCH3 is 1. The minimum Gasteiger partial charge on any atom is -0.465 e. The van der Waals surface area contributed by atoms with Gasteiger partial charge in [-0.05, 0) is 75.6 Å². The van der Waals surface area contributed by atoms with Gasteiger partial charge in [-0.2, -0.15) is 0 Å². The number of carbonyl (C=O) groups excluding carboxylic acids is 1. The molecule has 4 heterocycles. The molecular formula is C33H35N3O4S. The van der Waals surface area contributed by atoms with Crippen LogP contribution in [0, 0.1) is 13.8 Å². The first kappa shape index (κ1) is 26.4. The van der Waals surface area contributed by atoms with Crippen LogP contribution in [-0.2, 0) is 16.1 Å². The van der Waals surface area contributed by atoms with Gasteiger partial charge in [-0.3, -0.25) is 0 Å². The maximum atomic E-state index is 11.9. The van der Waals surface area contributed by atoms with E-state index in [0.717, 1.165) is 57.4 Å². The fraction of sp³-hybridized carbons (Fsp3) is 0.424. The molecule has 41 heavy (non-hydrogen) atoms. The average Bonchev–Trinajstić information content (AvgIpc) is 3.45. The van der Waals surface area contributed by atoms with Crippen molar-refractivity contribution in [3.63, 3.8) is 0 Å². The Balaban J connectivity index is 1.05. The summed E-state index contributed by atoms with van der Waals surface area (Å²) in [5.74, 6) is 1.18. The van der Waals surface area contributed by atoms with Crippen LogP contribution in [-0.4, -0.2) is 41.4 Å². The highest BCUT2D eigenvalue weighted by atomic mass is 32.1. The highest BCUT2D eigenvalue weighted by Crippen LogP contribution is 2.46. The number of rotatable bonds is 8. The van der Waals surface area contributed by atoms with Gasteiger partial charge in [0.05, 0.1) is 31.1 Å². The number of anilines is 1. The molecule has 3 fully saturated rings. The highest BCUT2D eigenvalue weighted by Gasteiger charge is 2.43. The van der Waals surface area contributed by atoms with E-state index in [1.54, 1.807) is 11.3 Å². The predicted molar refractivity (Wildman–Crippen MR) is 159 cm³/mol. The van der Waals surface area contributed by atoms with Crippen LogP contribution in [0.15, 0.2) is 52.4 Å². The number of ether oxygens (including phenoxy) is 2. The summed E-state index contributed by atoms with van der Waals surface area (Å²) in [4.78, 5) is 19.5. The van der Waals surface area contributed by atoms with Crippen molar-refractivity contribution in [3.05, 3.63) is 75.9 Å². The van der Waals surface area contributed by atoms with E-state index in [2.05, 4.69) is 46.6 Å². The molecule has 0 spiro atoms. The molecule has 0 unspecified atom stereocenters. The van der Waals surface area contributed by atoms with Crippen LogP contribution in [0.3, 0.4) is 0 Å². The minimum atomic E-state index is -0.320. The fourth-order valence-corrected chi connectivity index (χ4v) is 7.62. The summed E-state index contributed by atoms with van der Waals surface area (Å²) in [6, 6.07) is 14.9. The van der Waals surface area contributed by atoms with Crippen LogP contribution >= 0.6 is 11.3 Å². The van der Waals surface area contributed by atoms with Crippen molar-refractivity contribution >= 4 is 22.4 Å². The zero-order valence-corrected chi connectivity index (χ0v) is 24.6. The molecule has 3 aliphatic rings. The molecule has 2 aromatic carbocycles. The number of thiazole rings is 1. The monoisotopic (exact) mass is 569 g/mol. The van der Waals surface area contributed by atoms with Crippen LogP contribution in [0.5, 0.6) is 0 Å². The number of aryl methyl sites for hydroxylation is 2. The lowest BCUT2D eigenvalue weighted by Crippen LogP contribution is -2.45. The largest absolute Gasteiger partial charge is 0.465 e. The SMILES string of the molecule is COC(=O)c1ccc(-c2csc(N3[C@@H]4CC[C@H]3C[C@@H](OCc3c(-c5ccccc5C)noc3C3CC3)C4)n2)c(C)c1. The van der Waals surface area contributed by atoms with E-state index in [1.807, 2.05) is 25.1 Å². The highest BCUT2D eigenvalue weighted by molar-refractivity contribution is 7.14. The molecule has 0 N–H and O–H groups in total. The second-order valence-corrected chi connectivity index (χ2v) is 12.5. The number of hydrogen-bond donors (Lipinski definition) is 0. The van der Waals surface area contributed by atoms with Crippen LogP contribution in [0.2, 0.25) is 0 Å². The van der Waals surface area contributed by atoms with Gasteiger partial charge in [0.25, 0.3) is 0 Å². The Morgan fingerprint density at radius 1 is 1.02 bits per heavy atom. The van der Waals surface area contributed by atoms with Gasteiger partial charge >= 0.3 is 5.97 Å². The normalized spacial score (nSPS) is 21.8. The number of piperidine rings is 1. The lowest BCUT2D eigenvalue weighted by atomic mass is 9.99. The summed E-state index contributed by atoms with van der Waals surface area (Å²) in [6.45, 7) is 4.69. The molecular weight excluding hydrogens is 534 g/mol. The standard InChI is InChI=1S/C33H35N3O4S/c1-19-6-4-5-7-27(19)30-28(31(40-35-30)21-8-9-21)17-39-25-15-23-11-12-24(16-25)36(23)33-34-29(18-41-33)26-13-10-22(14-20(26)2)32(37)38-3/h4-7,10,13-14,18,21,23-25H,8-9,11-12,15-17H2,1-3H3/t23-,24+,25+. The number of fused-ring (bicyclic) bond motifs is 2. The van der Waals surface area contributed by atoms with Crippen molar-refractivity contribution in [2.24, 2.45) is 0 Å². The van der Waals surface area contributed by atoms with E-state index >= 15 is 0 Å². The fourth-order valence-electron chi connectivity index (χ4n) is 6.66. The molecule has 2 saturated heterocycles. The smallest absolute Gasteiger partial charge is 0.337 e. The third-order valence-corrected chi connectivity index (χ3v) is 9.81. The Morgan fingerprint density at radius 3 is 2.51 bits per heavy atom. The third-order valence-electron chi connectivity index (χ3n) is 8.96. The Bertz CT molecular complexity index is 1570. The van der Waals surface area contributed by atoms with Gasteiger partial charge in [-0.15, -0.1) is 11.3 Å². The van der Waals surface area contributed by atoms with Crippen molar-refractivity contribution < 1.29 is 18.8 Å². The summed E-state index contributed by atoms with van der Waals surface area (Å²) in [5, 5.41) is 7.74. The number of esters is 1. The molecule has 7 rings (SSSR count). The van der Waals surface area contributed by atoms with E-state index in [4.69, 9.17) is 19.0 Å². The number of nitrogens with zero attached hydrogens (tertiary/aromatic N) is 3. The van der Waals surface area contributed by atoms with Crippen molar-refractivity contribution in [2.75, 3.05) is 12.0 Å². The molecule has 0 amide bonds. The maximum Gasteiger partial charge on any atom is 0.337 e. The molecule has 0 radical (unpaired) electrons. The van der Waals surface area contributed by atoms with Crippen molar-refractivity contribution in [2.45, 2.75) is 83.1 Å². The molecule has 2 aliphatic heterocycles. The molecule has 2 aromatic heterocycles. The Labute approximate surface area is 244 Å². The molecule has 3 atom stereocenters. The summed E-state index contributed by atoms with van der Waals surface area (Å²) in [7, 11) is 1.41. The summed E-state index contributed by atoms with van der Waals surface area (Å²) < 4.78 is 17.4. The van der Waals surface area contributed by atoms with E-state index in [0.29, 0.717) is 30.2 Å². The zero-order valence-electron chi connectivity index (χ0n) is 23.8. The zero-order chi connectivity index (χ0) is 28.1. The van der Waals surface area contributed by atoms with Gasteiger partial charge in [0.2, 0.25) is 0 Å². The first-order valence-corrected chi connectivity index (χ1v) is 15.5. The van der Waals surface area contributed by atoms with Crippen LogP contribution in [0.1, 0.15) is 77.3 Å². The second kappa shape index (κ2) is 10.7. The van der Waals surface area contributed by atoms with E-state index in [9.17, 15) is 4.79 Å². The van der Waals surface area contributed by atoms with Crippen molar-refractivity contribution in [1.82, 2.24) is 10.1 Å². The van der Waals surface area contributed by atoms with Gasteiger partial charge in [0.15, 0.2) is 5.13 Å². The molecule has 2 bridgehead atoms. The lowest BCUT2D eigenvalue weighted by Gasteiger charge is -2.38. The van der Waals surface area contributed by atoms with E-state index in [-0.39, 0.29) is 12.1 Å². The summed E-state index contributed by atoms with van der Waals surface area (Å²) in [5.41, 5.74) is 8.00. The van der Waals surface area contributed by atoms with Gasteiger partial charge in [0, 0.05) is 40.1 Å². The number of benzene rings is 2. The number of carbonyl (C=O) groups is 1. The molecule has 8 heteroatoms. The summed E-state index contributed by atoms with van der Waals surface area (Å²) in [6.07, 6.45) is 6.89. The first-order valence-electron chi connectivity index (χ1n) is 14.6. The van der Waals surface area contributed by atoms with Gasteiger partial charge in [-0.1, -0.05) is 35.5 Å². The van der Waals surface area contributed by atoms with Crippen LogP contribution in [0.25, 0.3) is 22.5 Å². The lowest BCUT2D eigenvalue weighted by molar-refractivity contribution is 0.0147. The average molecular weight is 570 g/mol. The molecule has 7 nitrogen and oxygen atoms in total. The van der Waals surface area contributed by atoms with Crippen molar-refractivity contribution in [1.29, 1.82) is 0 Å². The number of aromatic nitrogens is 2. The van der Waals surface area contributed by atoms with Crippen LogP contribution < -0.4 is 4.90 Å². The van der Waals surface area contributed by atoms with E-state index < -0.39 is 0 Å². The second-order valence-electron chi connectivity index (χ2n) is 11.7. The van der Waals surface area contributed by atoms with Crippen molar-refractivity contribution in [3.8, 4) is 22.5 Å². The van der Waals surface area contributed by atoms with Crippen LogP contribution in [0.4, 0.5) is 5.13 Å². The van der Waals surface area contributed by atoms with Gasteiger partial charge in [-0.25, -0.2) is 9.78 Å². The molecule has 1 saturated carbocycles. The quantitative estimate of drug-likeness (QED) is 0.204. The first-order chi connectivity index (χ1) is 20.0. The van der Waals surface area contributed by atoms with Gasteiger partial charge < -0.3 is 18.9 Å². The third kappa shape index (κ3) is 4.97. The molecule has 1 aliphatic carbocycles. The molecule has 212 valence electrons. The Hall–Kier alpha value is -3.49. The molecule has 4 aromatic rings. The Kier molecular flexibility index (Phi) is 6.91. The topological polar surface area (TPSA) is 77.7 Å². The minimum absolute atomic E-state index is 0.211. The number of hydrogen-bond acceptors (Lipinski definition) is 8.